The number of alkyl halides is 1. The van der Waals surface area contributed by atoms with Gasteiger partial charge in [0.05, 0.1) is 0 Å². The summed E-state index contributed by atoms with van der Waals surface area (Å²) in [5.74, 6) is 0.183. The second kappa shape index (κ2) is 3.83. The molecular weight excluding hydrogens is 143 g/mol. The highest BCUT2D eigenvalue weighted by Crippen LogP contribution is 2.09. The van der Waals surface area contributed by atoms with E-state index in [4.69, 9.17) is 11.6 Å². The first-order valence-corrected chi connectivity index (χ1v) is 3.25. The quantitative estimate of drug-likeness (QED) is 0.567. The molecule has 0 aliphatic carbocycles. The molecule has 0 rings (SSSR count). The van der Waals surface area contributed by atoms with Gasteiger partial charge in [0.15, 0.2) is 6.17 Å². The topological polar surface area (TPSA) is 17.1 Å². The molecule has 0 spiro atoms. The third-order valence-electron chi connectivity index (χ3n) is 0.925. The van der Waals surface area contributed by atoms with E-state index >= 15 is 0 Å². The zero-order chi connectivity index (χ0) is 7.44. The van der Waals surface area contributed by atoms with Gasteiger partial charge in [0.2, 0.25) is 0 Å². The van der Waals surface area contributed by atoms with Gasteiger partial charge in [-0.3, -0.25) is 4.79 Å². The predicted octanol–water partition coefficient (Wildman–Crippen LogP) is 2.14. The van der Waals surface area contributed by atoms with Crippen LogP contribution in [0.4, 0.5) is 4.39 Å². The van der Waals surface area contributed by atoms with Crippen LogP contribution in [0.2, 0.25) is 0 Å². The van der Waals surface area contributed by atoms with E-state index in [1.165, 1.54) is 0 Å². The SMILES string of the molecule is CC(C)CC(F)C(=O)Cl. The van der Waals surface area contributed by atoms with Crippen LogP contribution in [0, 0.1) is 5.92 Å². The van der Waals surface area contributed by atoms with Crippen molar-refractivity contribution in [3.63, 3.8) is 0 Å². The monoisotopic (exact) mass is 152 g/mol. The third kappa shape index (κ3) is 4.40. The summed E-state index contributed by atoms with van der Waals surface area (Å²) >= 11 is 4.86. The van der Waals surface area contributed by atoms with Gasteiger partial charge in [-0.05, 0) is 23.9 Å². The number of hydrogen-bond donors (Lipinski definition) is 0. The van der Waals surface area contributed by atoms with E-state index in [0.717, 1.165) is 0 Å². The van der Waals surface area contributed by atoms with Crippen LogP contribution in [0.3, 0.4) is 0 Å². The van der Waals surface area contributed by atoms with Gasteiger partial charge in [-0.1, -0.05) is 13.8 Å². The molecule has 54 valence electrons. The van der Waals surface area contributed by atoms with Crippen molar-refractivity contribution >= 4 is 16.8 Å². The lowest BCUT2D eigenvalue weighted by Crippen LogP contribution is -2.11. The van der Waals surface area contributed by atoms with Crippen LogP contribution < -0.4 is 0 Å². The summed E-state index contributed by atoms with van der Waals surface area (Å²) in [6, 6.07) is 0. The Hall–Kier alpha value is -0.110. The molecular formula is C6H10ClFO. The Morgan fingerprint density at radius 1 is 1.67 bits per heavy atom. The number of carbonyl (C=O) groups excluding carboxylic acids is 1. The first-order valence-electron chi connectivity index (χ1n) is 2.87. The minimum atomic E-state index is -1.48. The van der Waals surface area contributed by atoms with Crippen LogP contribution in [0.1, 0.15) is 20.3 Å². The molecule has 0 fully saturated rings. The van der Waals surface area contributed by atoms with Crippen LogP contribution in [0.25, 0.3) is 0 Å². The van der Waals surface area contributed by atoms with Crippen molar-refractivity contribution in [2.24, 2.45) is 5.92 Å². The van der Waals surface area contributed by atoms with E-state index in [2.05, 4.69) is 0 Å². The average molecular weight is 153 g/mol. The maximum Gasteiger partial charge on any atom is 0.255 e. The Morgan fingerprint density at radius 3 is 2.22 bits per heavy atom. The molecule has 0 aromatic carbocycles. The van der Waals surface area contributed by atoms with Gasteiger partial charge >= 0.3 is 0 Å². The van der Waals surface area contributed by atoms with Gasteiger partial charge in [-0.2, -0.15) is 0 Å². The molecule has 0 saturated heterocycles. The second-order valence-electron chi connectivity index (χ2n) is 2.40. The fraction of sp³-hybridized carbons (Fsp3) is 0.833. The Balaban J connectivity index is 3.50. The predicted molar refractivity (Wildman–Crippen MR) is 35.2 cm³/mol. The second-order valence-corrected chi connectivity index (χ2v) is 2.77. The first kappa shape index (κ1) is 8.89. The zero-order valence-corrected chi connectivity index (χ0v) is 6.28. The van der Waals surface area contributed by atoms with E-state index in [0.29, 0.717) is 0 Å². The molecule has 1 unspecified atom stereocenters. The van der Waals surface area contributed by atoms with Crippen molar-refractivity contribution in [1.29, 1.82) is 0 Å². The molecule has 0 aromatic heterocycles. The molecule has 3 heteroatoms. The normalized spacial score (nSPS) is 13.9. The molecule has 0 N–H and O–H groups in total. The van der Waals surface area contributed by atoms with Crippen LogP contribution in [-0.4, -0.2) is 11.4 Å². The summed E-state index contributed by atoms with van der Waals surface area (Å²) in [4.78, 5) is 10.1. The van der Waals surface area contributed by atoms with Crippen molar-refractivity contribution in [1.82, 2.24) is 0 Å². The van der Waals surface area contributed by atoms with Gasteiger partial charge in [-0.15, -0.1) is 0 Å². The highest BCUT2D eigenvalue weighted by molar-refractivity contribution is 6.64. The lowest BCUT2D eigenvalue weighted by molar-refractivity contribution is -0.116. The summed E-state index contributed by atoms with van der Waals surface area (Å²) in [5.41, 5.74) is 0. The minimum absolute atomic E-state index is 0.183. The molecule has 9 heavy (non-hydrogen) atoms. The van der Waals surface area contributed by atoms with Gasteiger partial charge < -0.3 is 0 Å². The summed E-state index contributed by atoms with van der Waals surface area (Å²) in [6.45, 7) is 3.68. The first-order chi connectivity index (χ1) is 4.04. The van der Waals surface area contributed by atoms with Gasteiger partial charge in [0.1, 0.15) is 0 Å². The molecule has 1 atom stereocenters. The fourth-order valence-corrected chi connectivity index (χ4v) is 0.596. The van der Waals surface area contributed by atoms with Crippen molar-refractivity contribution < 1.29 is 9.18 Å². The van der Waals surface area contributed by atoms with E-state index in [1.54, 1.807) is 0 Å². The van der Waals surface area contributed by atoms with Crippen molar-refractivity contribution in [3.8, 4) is 0 Å². The molecule has 0 aliphatic heterocycles. The molecule has 0 aliphatic rings. The Morgan fingerprint density at radius 2 is 2.11 bits per heavy atom. The zero-order valence-electron chi connectivity index (χ0n) is 5.53. The van der Waals surface area contributed by atoms with Crippen molar-refractivity contribution in [2.45, 2.75) is 26.4 Å². The summed E-state index contributed by atoms with van der Waals surface area (Å²) in [7, 11) is 0. The molecule has 0 aromatic rings. The molecule has 0 saturated carbocycles. The molecule has 0 radical (unpaired) electrons. The fourth-order valence-electron chi connectivity index (χ4n) is 0.507. The highest BCUT2D eigenvalue weighted by Gasteiger charge is 2.15. The standard InChI is InChI=1S/C6H10ClFO/c1-4(2)3-5(8)6(7)9/h4-5H,3H2,1-2H3. The van der Waals surface area contributed by atoms with Crippen molar-refractivity contribution in [3.05, 3.63) is 0 Å². The lowest BCUT2D eigenvalue weighted by Gasteiger charge is -2.04. The Kier molecular flexibility index (Phi) is 3.78. The van der Waals surface area contributed by atoms with E-state index in [-0.39, 0.29) is 12.3 Å². The van der Waals surface area contributed by atoms with E-state index in [9.17, 15) is 9.18 Å². The maximum absolute atomic E-state index is 12.3. The van der Waals surface area contributed by atoms with Crippen LogP contribution in [0.5, 0.6) is 0 Å². The van der Waals surface area contributed by atoms with Crippen LogP contribution in [0.15, 0.2) is 0 Å². The molecule has 0 heterocycles. The number of rotatable bonds is 3. The van der Waals surface area contributed by atoms with E-state index < -0.39 is 11.4 Å². The smallest absolute Gasteiger partial charge is 0.255 e. The van der Waals surface area contributed by atoms with Crippen LogP contribution >= 0.6 is 11.6 Å². The third-order valence-corrected chi connectivity index (χ3v) is 1.16. The minimum Gasteiger partial charge on any atom is -0.278 e. The largest absolute Gasteiger partial charge is 0.278 e. The Labute approximate surface area is 59.2 Å². The summed E-state index contributed by atoms with van der Waals surface area (Å²) in [6.07, 6.45) is -1.26. The Bertz CT molecular complexity index is 103. The average Bonchev–Trinajstić information content (AvgIpc) is 1.63. The summed E-state index contributed by atoms with van der Waals surface area (Å²) < 4.78 is 12.3. The van der Waals surface area contributed by atoms with Gasteiger partial charge in [0.25, 0.3) is 5.24 Å². The number of hydrogen-bond acceptors (Lipinski definition) is 1. The van der Waals surface area contributed by atoms with Crippen LogP contribution in [-0.2, 0) is 4.79 Å². The molecule has 0 bridgehead atoms. The molecule has 0 amide bonds. The number of halogens is 2. The molecule has 1 nitrogen and oxygen atoms in total. The lowest BCUT2D eigenvalue weighted by atomic mass is 10.1. The van der Waals surface area contributed by atoms with E-state index in [1.807, 2.05) is 13.8 Å². The van der Waals surface area contributed by atoms with Gasteiger partial charge in [-0.25, -0.2) is 4.39 Å². The van der Waals surface area contributed by atoms with Gasteiger partial charge in [0, 0.05) is 0 Å². The highest BCUT2D eigenvalue weighted by atomic mass is 35.5. The maximum atomic E-state index is 12.3. The van der Waals surface area contributed by atoms with Crippen molar-refractivity contribution in [2.75, 3.05) is 0 Å². The summed E-state index contributed by atoms with van der Waals surface area (Å²) in [5, 5.41) is -0.885. The number of carbonyl (C=O) groups is 1.